The quantitative estimate of drug-likeness (QED) is 0.211. The second-order valence-electron chi connectivity index (χ2n) is 10.4. The molecule has 2 heterocycles. The van der Waals surface area contributed by atoms with E-state index in [9.17, 15) is 9.18 Å². The Balaban J connectivity index is 1.22. The van der Waals surface area contributed by atoms with Crippen molar-refractivity contribution in [3.63, 3.8) is 0 Å². The maximum absolute atomic E-state index is 13.6. The summed E-state index contributed by atoms with van der Waals surface area (Å²) in [6.45, 7) is 4.74. The van der Waals surface area contributed by atoms with Crippen LogP contribution < -0.4 is 19.1 Å². The predicted molar refractivity (Wildman–Crippen MR) is 167 cm³/mol. The van der Waals surface area contributed by atoms with Gasteiger partial charge in [-0.2, -0.15) is 0 Å². The van der Waals surface area contributed by atoms with Crippen LogP contribution in [0.25, 0.3) is 0 Å². The molecule has 0 bridgehead atoms. The molecule has 0 N–H and O–H groups in total. The lowest BCUT2D eigenvalue weighted by Gasteiger charge is -2.35. The first-order chi connectivity index (χ1) is 20.9. The Morgan fingerprint density at radius 2 is 1.56 bits per heavy atom. The number of anilines is 1. The van der Waals surface area contributed by atoms with Gasteiger partial charge in [0.15, 0.2) is 11.5 Å². The van der Waals surface area contributed by atoms with E-state index in [0.717, 1.165) is 53.6 Å². The van der Waals surface area contributed by atoms with Gasteiger partial charge < -0.3 is 24.0 Å². The molecule has 5 rings (SSSR count). The van der Waals surface area contributed by atoms with Gasteiger partial charge in [0.2, 0.25) is 0 Å². The first kappa shape index (κ1) is 30.3. The number of thiazole rings is 1. The molecule has 0 aliphatic carbocycles. The van der Waals surface area contributed by atoms with Gasteiger partial charge >= 0.3 is 0 Å². The Morgan fingerprint density at radius 1 is 0.860 bits per heavy atom. The standard InChI is InChI=1S/C33H37FN4O4S/c1-40-28-11-9-27(10-12-28)37-16-18-38(19-17-37)33(39)29-23-43-32(35-29)22-36(21-25-4-7-26(34)8-5-25)15-14-24-6-13-30(41-2)31(20-24)42-3/h4-13,20,23H,14-19,21-22H2,1-3H3. The van der Waals surface area contributed by atoms with Crippen LogP contribution in [0.4, 0.5) is 10.1 Å². The van der Waals surface area contributed by atoms with Crippen molar-refractivity contribution in [2.75, 3.05) is 59.0 Å². The zero-order valence-corrected chi connectivity index (χ0v) is 25.6. The minimum absolute atomic E-state index is 0.0349. The third kappa shape index (κ3) is 7.82. The van der Waals surface area contributed by atoms with Gasteiger partial charge in [-0.15, -0.1) is 11.3 Å². The van der Waals surface area contributed by atoms with E-state index in [1.54, 1.807) is 33.5 Å². The molecule has 226 valence electrons. The highest BCUT2D eigenvalue weighted by Crippen LogP contribution is 2.28. The molecule has 1 fully saturated rings. The highest BCUT2D eigenvalue weighted by atomic mass is 32.1. The van der Waals surface area contributed by atoms with Crippen molar-refractivity contribution in [1.82, 2.24) is 14.8 Å². The topological polar surface area (TPSA) is 67.4 Å². The molecular weight excluding hydrogens is 567 g/mol. The Morgan fingerprint density at radius 3 is 2.23 bits per heavy atom. The number of nitrogens with zero attached hydrogens (tertiary/aromatic N) is 4. The lowest BCUT2D eigenvalue weighted by Crippen LogP contribution is -2.48. The fraction of sp³-hybridized carbons (Fsp3) is 0.333. The summed E-state index contributed by atoms with van der Waals surface area (Å²) in [5, 5.41) is 2.73. The molecular formula is C33H37FN4O4S. The van der Waals surface area contributed by atoms with Gasteiger partial charge in [0.25, 0.3) is 5.91 Å². The average Bonchev–Trinajstić information content (AvgIpc) is 3.52. The zero-order valence-electron chi connectivity index (χ0n) is 24.8. The fourth-order valence-electron chi connectivity index (χ4n) is 5.18. The Labute approximate surface area is 256 Å². The van der Waals surface area contributed by atoms with Crippen LogP contribution in [0.5, 0.6) is 17.2 Å². The molecule has 0 saturated carbocycles. The molecule has 0 atom stereocenters. The minimum atomic E-state index is -0.256. The molecule has 1 saturated heterocycles. The number of amides is 1. The third-order valence-corrected chi connectivity index (χ3v) is 8.45. The lowest BCUT2D eigenvalue weighted by atomic mass is 10.1. The van der Waals surface area contributed by atoms with Gasteiger partial charge in [0, 0.05) is 50.3 Å². The van der Waals surface area contributed by atoms with E-state index in [0.29, 0.717) is 43.4 Å². The van der Waals surface area contributed by atoms with Crippen molar-refractivity contribution in [3.05, 3.63) is 99.8 Å². The average molecular weight is 605 g/mol. The molecule has 1 aliphatic rings. The SMILES string of the molecule is COc1ccc(N2CCN(C(=O)c3csc(CN(CCc4ccc(OC)c(OC)c4)Cc4ccc(F)cc4)n3)CC2)cc1. The first-order valence-corrected chi connectivity index (χ1v) is 15.1. The molecule has 1 aliphatic heterocycles. The van der Waals surface area contributed by atoms with Gasteiger partial charge in [0.05, 0.1) is 27.9 Å². The molecule has 4 aromatic rings. The second kappa shape index (κ2) is 14.3. The van der Waals surface area contributed by atoms with Crippen LogP contribution in [-0.4, -0.2) is 74.7 Å². The van der Waals surface area contributed by atoms with Gasteiger partial charge in [-0.05, 0) is 66.1 Å². The monoisotopic (exact) mass is 604 g/mol. The molecule has 1 aromatic heterocycles. The van der Waals surface area contributed by atoms with Crippen molar-refractivity contribution in [3.8, 4) is 17.2 Å². The number of ether oxygens (including phenoxy) is 3. The molecule has 1 amide bonds. The number of halogens is 1. The molecule has 8 nitrogen and oxygen atoms in total. The summed E-state index contributed by atoms with van der Waals surface area (Å²) in [7, 11) is 4.91. The number of rotatable bonds is 12. The van der Waals surface area contributed by atoms with Crippen LogP contribution >= 0.6 is 11.3 Å². The second-order valence-corrected chi connectivity index (χ2v) is 11.3. The van der Waals surface area contributed by atoms with Crippen molar-refractivity contribution < 1.29 is 23.4 Å². The van der Waals surface area contributed by atoms with Gasteiger partial charge in [-0.1, -0.05) is 18.2 Å². The van der Waals surface area contributed by atoms with Crippen molar-refractivity contribution in [1.29, 1.82) is 0 Å². The number of carbonyl (C=O) groups excluding carboxylic acids is 1. The van der Waals surface area contributed by atoms with Crippen molar-refractivity contribution in [2.24, 2.45) is 0 Å². The number of hydrogen-bond acceptors (Lipinski definition) is 8. The van der Waals surface area contributed by atoms with Gasteiger partial charge in [-0.25, -0.2) is 9.37 Å². The Kier molecular flexibility index (Phi) is 10.1. The van der Waals surface area contributed by atoms with E-state index in [2.05, 4.69) is 9.80 Å². The number of hydrogen-bond donors (Lipinski definition) is 0. The smallest absolute Gasteiger partial charge is 0.273 e. The predicted octanol–water partition coefficient (Wildman–Crippen LogP) is 5.52. The lowest BCUT2D eigenvalue weighted by molar-refractivity contribution is 0.0741. The molecule has 0 radical (unpaired) electrons. The fourth-order valence-corrected chi connectivity index (χ4v) is 5.99. The molecule has 10 heteroatoms. The number of carbonyl (C=O) groups is 1. The highest BCUT2D eigenvalue weighted by Gasteiger charge is 2.24. The zero-order chi connectivity index (χ0) is 30.2. The van der Waals surface area contributed by atoms with Crippen LogP contribution in [-0.2, 0) is 19.5 Å². The summed E-state index contributed by atoms with van der Waals surface area (Å²) in [6, 6.07) is 20.5. The molecule has 0 spiro atoms. The largest absolute Gasteiger partial charge is 0.497 e. The highest BCUT2D eigenvalue weighted by molar-refractivity contribution is 7.09. The Bertz CT molecular complexity index is 1490. The summed E-state index contributed by atoms with van der Waals surface area (Å²) >= 11 is 1.50. The summed E-state index contributed by atoms with van der Waals surface area (Å²) in [5.41, 5.74) is 3.74. The van der Waals surface area contributed by atoms with Crippen LogP contribution in [0.3, 0.4) is 0 Å². The summed E-state index contributed by atoms with van der Waals surface area (Å²) in [5.74, 6) is 1.92. The summed E-state index contributed by atoms with van der Waals surface area (Å²) in [4.78, 5) is 24.5. The van der Waals surface area contributed by atoms with E-state index < -0.39 is 0 Å². The van der Waals surface area contributed by atoms with E-state index in [1.165, 1.54) is 23.5 Å². The van der Waals surface area contributed by atoms with Crippen LogP contribution in [0.1, 0.15) is 26.6 Å². The van der Waals surface area contributed by atoms with E-state index >= 15 is 0 Å². The summed E-state index contributed by atoms with van der Waals surface area (Å²) in [6.07, 6.45) is 0.775. The Hall–Kier alpha value is -4.15. The number of piperazine rings is 1. The van der Waals surface area contributed by atoms with E-state index in [4.69, 9.17) is 19.2 Å². The minimum Gasteiger partial charge on any atom is -0.497 e. The maximum atomic E-state index is 13.6. The maximum Gasteiger partial charge on any atom is 0.273 e. The van der Waals surface area contributed by atoms with Crippen molar-refractivity contribution in [2.45, 2.75) is 19.5 Å². The molecule has 3 aromatic carbocycles. The first-order valence-electron chi connectivity index (χ1n) is 14.3. The molecule has 0 unspecified atom stereocenters. The number of methoxy groups -OCH3 is 3. The summed E-state index contributed by atoms with van der Waals surface area (Å²) < 4.78 is 29.7. The third-order valence-electron chi connectivity index (χ3n) is 7.62. The van der Waals surface area contributed by atoms with Crippen LogP contribution in [0.15, 0.2) is 72.1 Å². The number of aromatic nitrogens is 1. The normalized spacial score (nSPS) is 13.3. The number of benzene rings is 3. The van der Waals surface area contributed by atoms with Crippen molar-refractivity contribution >= 4 is 22.9 Å². The van der Waals surface area contributed by atoms with E-state index in [-0.39, 0.29) is 11.7 Å². The molecule has 43 heavy (non-hydrogen) atoms. The van der Waals surface area contributed by atoms with Crippen LogP contribution in [0.2, 0.25) is 0 Å². The van der Waals surface area contributed by atoms with Crippen LogP contribution in [0, 0.1) is 5.82 Å². The van der Waals surface area contributed by atoms with E-state index in [1.807, 2.05) is 52.7 Å². The van der Waals surface area contributed by atoms with Gasteiger partial charge in [0.1, 0.15) is 22.3 Å². The van der Waals surface area contributed by atoms with Gasteiger partial charge in [-0.3, -0.25) is 9.69 Å².